The number of halogens is 1. The summed E-state index contributed by atoms with van der Waals surface area (Å²) < 4.78 is 0. The number of hydrogen-bond acceptors (Lipinski definition) is 3. The van der Waals surface area contributed by atoms with Gasteiger partial charge in [0.15, 0.2) is 0 Å². The number of aliphatic hydroxyl groups is 2. The molecule has 0 amide bonds. The zero-order valence-electron chi connectivity index (χ0n) is 6.16. The van der Waals surface area contributed by atoms with Crippen LogP contribution in [0.3, 0.4) is 0 Å². The molecule has 0 saturated carbocycles. The lowest BCUT2D eigenvalue weighted by molar-refractivity contribution is 0.135. The van der Waals surface area contributed by atoms with Gasteiger partial charge in [-0.25, -0.2) is 0 Å². The van der Waals surface area contributed by atoms with E-state index in [0.717, 1.165) is 0 Å². The molecule has 3 nitrogen and oxygen atoms in total. The zero-order chi connectivity index (χ0) is 7.28. The summed E-state index contributed by atoms with van der Waals surface area (Å²) >= 11 is 0. The molecule has 0 saturated heterocycles. The molecular weight excluding hydrogens is 154 g/mol. The van der Waals surface area contributed by atoms with Gasteiger partial charge in [-0.15, -0.1) is 12.4 Å². The molecule has 0 aromatic rings. The lowest BCUT2D eigenvalue weighted by Gasteiger charge is -2.11. The van der Waals surface area contributed by atoms with Crippen molar-refractivity contribution in [3.63, 3.8) is 0 Å². The van der Waals surface area contributed by atoms with Crippen LogP contribution in [0.15, 0.2) is 0 Å². The van der Waals surface area contributed by atoms with Gasteiger partial charge in [0.2, 0.25) is 0 Å². The van der Waals surface area contributed by atoms with Crippen molar-refractivity contribution in [2.24, 2.45) is 5.73 Å². The Morgan fingerprint density at radius 1 is 1.50 bits per heavy atom. The Hall–Kier alpha value is 0.170. The average Bonchev–Trinajstić information content (AvgIpc) is 1.87. The molecule has 0 unspecified atom stereocenters. The largest absolute Gasteiger partial charge is 0.395 e. The monoisotopic (exact) mass is 169 g/mol. The summed E-state index contributed by atoms with van der Waals surface area (Å²) in [5.74, 6) is 0. The van der Waals surface area contributed by atoms with E-state index >= 15 is 0 Å². The molecule has 0 aliphatic heterocycles. The normalized spacial score (nSPS) is 15.6. The average molecular weight is 170 g/mol. The summed E-state index contributed by atoms with van der Waals surface area (Å²) in [6.07, 6.45) is 0.841. The predicted molar refractivity (Wildman–Crippen MR) is 43.2 cm³/mol. The quantitative estimate of drug-likeness (QED) is 0.550. The molecule has 0 spiro atoms. The van der Waals surface area contributed by atoms with Crippen LogP contribution in [-0.2, 0) is 0 Å². The number of hydrogen-bond donors (Lipinski definition) is 3. The van der Waals surface area contributed by atoms with Gasteiger partial charge in [0.05, 0.1) is 12.7 Å². The number of nitrogens with two attached hydrogens (primary N) is 1. The van der Waals surface area contributed by atoms with E-state index in [2.05, 4.69) is 0 Å². The highest BCUT2D eigenvalue weighted by Crippen LogP contribution is 1.98. The second kappa shape index (κ2) is 7.28. The van der Waals surface area contributed by atoms with Crippen molar-refractivity contribution in [2.75, 3.05) is 6.61 Å². The van der Waals surface area contributed by atoms with Crippen LogP contribution >= 0.6 is 12.4 Å². The Morgan fingerprint density at radius 2 is 2.00 bits per heavy atom. The van der Waals surface area contributed by atoms with Crippen LogP contribution in [0.4, 0.5) is 0 Å². The smallest absolute Gasteiger partial charge is 0.0583 e. The minimum Gasteiger partial charge on any atom is -0.395 e. The summed E-state index contributed by atoms with van der Waals surface area (Å²) in [5.41, 5.74) is 5.34. The third-order valence-corrected chi connectivity index (χ3v) is 1.28. The third kappa shape index (κ3) is 6.29. The van der Waals surface area contributed by atoms with Gasteiger partial charge >= 0.3 is 0 Å². The molecule has 0 aromatic carbocycles. The van der Waals surface area contributed by atoms with Gasteiger partial charge in [0, 0.05) is 6.04 Å². The van der Waals surface area contributed by atoms with Gasteiger partial charge in [-0.05, 0) is 12.8 Å². The highest BCUT2D eigenvalue weighted by atomic mass is 35.5. The van der Waals surface area contributed by atoms with Crippen molar-refractivity contribution in [2.45, 2.75) is 31.9 Å². The molecule has 0 aliphatic rings. The molecule has 4 N–H and O–H groups in total. The highest BCUT2D eigenvalue weighted by molar-refractivity contribution is 5.85. The summed E-state index contributed by atoms with van der Waals surface area (Å²) in [4.78, 5) is 0. The van der Waals surface area contributed by atoms with E-state index in [-0.39, 0.29) is 31.2 Å². The molecule has 0 heterocycles. The molecule has 0 aliphatic carbocycles. The van der Waals surface area contributed by atoms with E-state index in [1.54, 1.807) is 0 Å². The lowest BCUT2D eigenvalue weighted by Crippen LogP contribution is -2.29. The zero-order valence-corrected chi connectivity index (χ0v) is 6.97. The fourth-order valence-corrected chi connectivity index (χ4v) is 0.591. The standard InChI is InChI=1S/C6H15NO2.ClH/c1-2-6(9)3-5(7)4-8;/h5-6,8-9H,2-4,7H2,1H3;1H/t5-,6+;/m0./s1. The predicted octanol–water partition coefficient (Wildman–Crippen LogP) is -0.111. The fraction of sp³-hybridized carbons (Fsp3) is 1.00. The lowest BCUT2D eigenvalue weighted by atomic mass is 10.1. The first-order valence-corrected chi connectivity index (χ1v) is 3.25. The van der Waals surface area contributed by atoms with Gasteiger partial charge in [-0.1, -0.05) is 6.92 Å². The van der Waals surface area contributed by atoms with Crippen LogP contribution in [-0.4, -0.2) is 29.0 Å². The summed E-state index contributed by atoms with van der Waals surface area (Å²) in [6, 6.07) is -0.264. The van der Waals surface area contributed by atoms with Gasteiger partial charge < -0.3 is 15.9 Å². The van der Waals surface area contributed by atoms with Crippen molar-refractivity contribution >= 4 is 12.4 Å². The molecular formula is C6H16ClNO2. The second-order valence-corrected chi connectivity index (χ2v) is 2.24. The number of rotatable bonds is 4. The summed E-state index contributed by atoms with van der Waals surface area (Å²) in [6.45, 7) is 1.84. The SMILES string of the molecule is CC[C@@H](O)C[C@H](N)CO.Cl. The van der Waals surface area contributed by atoms with Crippen LogP contribution in [0.25, 0.3) is 0 Å². The maximum Gasteiger partial charge on any atom is 0.0583 e. The summed E-state index contributed by atoms with van der Waals surface area (Å²) in [5, 5.41) is 17.4. The van der Waals surface area contributed by atoms with Gasteiger partial charge in [-0.2, -0.15) is 0 Å². The maximum absolute atomic E-state index is 8.97. The second-order valence-electron chi connectivity index (χ2n) is 2.24. The van der Waals surface area contributed by atoms with Crippen LogP contribution in [0.2, 0.25) is 0 Å². The number of aliphatic hydroxyl groups excluding tert-OH is 2. The van der Waals surface area contributed by atoms with E-state index < -0.39 is 0 Å². The Kier molecular flexibility index (Phi) is 9.33. The van der Waals surface area contributed by atoms with Crippen molar-refractivity contribution in [1.29, 1.82) is 0 Å². The maximum atomic E-state index is 8.97. The van der Waals surface area contributed by atoms with Gasteiger partial charge in [0.25, 0.3) is 0 Å². The molecule has 0 radical (unpaired) electrons. The minimum absolute atomic E-state index is 0. The first-order valence-electron chi connectivity index (χ1n) is 3.25. The first kappa shape index (κ1) is 12.8. The van der Waals surface area contributed by atoms with Crippen LogP contribution < -0.4 is 5.73 Å². The van der Waals surface area contributed by atoms with E-state index in [4.69, 9.17) is 15.9 Å². The molecule has 0 fully saturated rings. The van der Waals surface area contributed by atoms with Crippen molar-refractivity contribution < 1.29 is 10.2 Å². The molecule has 64 valence electrons. The highest BCUT2D eigenvalue weighted by Gasteiger charge is 2.06. The first-order chi connectivity index (χ1) is 4.20. The topological polar surface area (TPSA) is 66.5 Å². The van der Waals surface area contributed by atoms with Gasteiger partial charge in [0.1, 0.15) is 0 Å². The van der Waals surface area contributed by atoms with E-state index in [0.29, 0.717) is 12.8 Å². The van der Waals surface area contributed by atoms with Crippen LogP contribution in [0.1, 0.15) is 19.8 Å². The Balaban J connectivity index is 0. The van der Waals surface area contributed by atoms with E-state index in [1.807, 2.05) is 6.92 Å². The Morgan fingerprint density at radius 3 is 2.30 bits per heavy atom. The summed E-state index contributed by atoms with van der Waals surface area (Å²) in [7, 11) is 0. The van der Waals surface area contributed by atoms with Crippen LogP contribution in [0.5, 0.6) is 0 Å². The molecule has 0 aromatic heterocycles. The third-order valence-electron chi connectivity index (χ3n) is 1.28. The van der Waals surface area contributed by atoms with E-state index in [1.165, 1.54) is 0 Å². The van der Waals surface area contributed by atoms with Gasteiger partial charge in [-0.3, -0.25) is 0 Å². The molecule has 4 heteroatoms. The Bertz CT molecular complexity index is 64.8. The fourth-order valence-electron chi connectivity index (χ4n) is 0.591. The minimum atomic E-state index is -0.354. The van der Waals surface area contributed by atoms with Crippen molar-refractivity contribution in [3.8, 4) is 0 Å². The van der Waals surface area contributed by atoms with Crippen molar-refractivity contribution in [3.05, 3.63) is 0 Å². The van der Waals surface area contributed by atoms with E-state index in [9.17, 15) is 0 Å². The molecule has 2 atom stereocenters. The molecule has 0 rings (SSSR count). The van der Waals surface area contributed by atoms with Crippen molar-refractivity contribution in [1.82, 2.24) is 0 Å². The Labute approximate surface area is 67.6 Å². The van der Waals surface area contributed by atoms with Crippen LogP contribution in [0, 0.1) is 0 Å². The molecule has 10 heavy (non-hydrogen) atoms. The molecule has 0 bridgehead atoms.